The van der Waals surface area contributed by atoms with Crippen LogP contribution in [0.1, 0.15) is 20.8 Å². The molecule has 1 saturated heterocycles. The molecule has 9 heteroatoms. The van der Waals surface area contributed by atoms with Crippen LogP contribution in [0.15, 0.2) is 0 Å². The highest BCUT2D eigenvalue weighted by atomic mass is 16.7. The molecule has 0 bridgehead atoms. The summed E-state index contributed by atoms with van der Waals surface area (Å²) in [6.07, 6.45) is -4.67. The Bertz CT molecular complexity index is 412. The van der Waals surface area contributed by atoms with Gasteiger partial charge in [0, 0.05) is 20.8 Å². The molecular formula is C12H19NO8. The largest absolute Gasteiger partial charge is 0.463 e. The van der Waals surface area contributed by atoms with E-state index in [9.17, 15) is 19.5 Å². The van der Waals surface area contributed by atoms with Crippen molar-refractivity contribution >= 4 is 17.9 Å². The van der Waals surface area contributed by atoms with Gasteiger partial charge in [-0.1, -0.05) is 0 Å². The Labute approximate surface area is 121 Å². The zero-order valence-corrected chi connectivity index (χ0v) is 12.0. The predicted octanol–water partition coefficient (Wildman–Crippen LogP) is -1.54. The van der Waals surface area contributed by atoms with Crippen molar-refractivity contribution < 1.29 is 38.4 Å². The van der Waals surface area contributed by atoms with Crippen LogP contribution in [0.2, 0.25) is 0 Å². The van der Waals surface area contributed by atoms with Gasteiger partial charge in [0.25, 0.3) is 0 Å². The van der Waals surface area contributed by atoms with E-state index in [-0.39, 0.29) is 6.61 Å². The molecule has 0 aromatic rings. The number of carbonyl (C=O) groups is 3. The lowest BCUT2D eigenvalue weighted by Crippen LogP contribution is -2.64. The molecule has 0 amide bonds. The molecule has 0 aromatic carbocycles. The molecule has 0 radical (unpaired) electrons. The van der Waals surface area contributed by atoms with E-state index in [4.69, 9.17) is 24.7 Å². The van der Waals surface area contributed by atoms with Crippen molar-refractivity contribution in [2.75, 3.05) is 6.61 Å². The minimum Gasteiger partial charge on any atom is -0.463 e. The third kappa shape index (κ3) is 4.96. The number of aliphatic hydroxyl groups is 1. The minimum atomic E-state index is -1.46. The maximum atomic E-state index is 11.2. The molecule has 1 fully saturated rings. The monoisotopic (exact) mass is 305 g/mol. The molecule has 1 aliphatic rings. The molecule has 0 spiro atoms. The van der Waals surface area contributed by atoms with Crippen molar-refractivity contribution in [3.05, 3.63) is 0 Å². The lowest BCUT2D eigenvalue weighted by Gasteiger charge is -2.41. The summed E-state index contributed by atoms with van der Waals surface area (Å²) < 4.78 is 20.0. The van der Waals surface area contributed by atoms with Gasteiger partial charge in [-0.25, -0.2) is 0 Å². The first-order valence-electron chi connectivity index (χ1n) is 6.29. The van der Waals surface area contributed by atoms with Gasteiger partial charge in [-0.2, -0.15) is 0 Å². The Morgan fingerprint density at radius 1 is 1.05 bits per heavy atom. The first-order valence-corrected chi connectivity index (χ1v) is 6.29. The van der Waals surface area contributed by atoms with Crippen LogP contribution in [0, 0.1) is 0 Å². The lowest BCUT2D eigenvalue weighted by atomic mass is 9.97. The smallest absolute Gasteiger partial charge is 0.303 e. The first kappa shape index (κ1) is 17.3. The predicted molar refractivity (Wildman–Crippen MR) is 66.6 cm³/mol. The van der Waals surface area contributed by atoms with E-state index >= 15 is 0 Å². The zero-order valence-electron chi connectivity index (χ0n) is 12.0. The van der Waals surface area contributed by atoms with E-state index in [0.717, 1.165) is 13.8 Å². The van der Waals surface area contributed by atoms with E-state index < -0.39 is 48.6 Å². The molecule has 120 valence electrons. The second-order valence-electron chi connectivity index (χ2n) is 4.59. The van der Waals surface area contributed by atoms with Crippen molar-refractivity contribution in [3.8, 4) is 0 Å². The molecule has 21 heavy (non-hydrogen) atoms. The summed E-state index contributed by atoms with van der Waals surface area (Å²) in [5, 5.41) is 9.73. The Morgan fingerprint density at radius 3 is 2.05 bits per heavy atom. The van der Waals surface area contributed by atoms with Gasteiger partial charge in [-0.05, 0) is 0 Å². The van der Waals surface area contributed by atoms with Crippen molar-refractivity contribution in [2.45, 2.75) is 51.4 Å². The van der Waals surface area contributed by atoms with Crippen LogP contribution in [0.4, 0.5) is 0 Å². The van der Waals surface area contributed by atoms with Gasteiger partial charge >= 0.3 is 17.9 Å². The average molecular weight is 305 g/mol. The molecule has 0 unspecified atom stereocenters. The Morgan fingerprint density at radius 2 is 1.57 bits per heavy atom. The summed E-state index contributed by atoms with van der Waals surface area (Å²) in [5.41, 5.74) is 5.70. The fraction of sp³-hybridized carbons (Fsp3) is 0.750. The van der Waals surface area contributed by atoms with Crippen LogP contribution < -0.4 is 5.73 Å². The fourth-order valence-corrected chi connectivity index (χ4v) is 1.95. The van der Waals surface area contributed by atoms with E-state index in [1.54, 1.807) is 0 Å². The molecule has 1 heterocycles. The number of aliphatic hydroxyl groups excluding tert-OH is 1. The standard InChI is InChI=1S/C12H19NO8/c1-5(14)18-4-8-10(19-6(2)15)11(20-7(3)16)9(13)12(17)21-8/h8-12,17H,4,13H2,1-3H3/t8-,9-,10+,11+,12+/m0/s1. The number of hydrogen-bond acceptors (Lipinski definition) is 9. The van der Waals surface area contributed by atoms with Crippen LogP contribution in [0.3, 0.4) is 0 Å². The quantitative estimate of drug-likeness (QED) is 0.468. The highest BCUT2D eigenvalue weighted by molar-refractivity contribution is 5.67. The van der Waals surface area contributed by atoms with E-state index in [0.29, 0.717) is 0 Å². The fourth-order valence-electron chi connectivity index (χ4n) is 1.95. The molecular weight excluding hydrogens is 286 g/mol. The number of rotatable bonds is 4. The Hall–Kier alpha value is -1.71. The summed E-state index contributed by atoms with van der Waals surface area (Å²) in [5.74, 6) is -1.89. The van der Waals surface area contributed by atoms with Gasteiger partial charge in [0.15, 0.2) is 18.5 Å². The summed E-state index contributed by atoms with van der Waals surface area (Å²) >= 11 is 0. The van der Waals surface area contributed by atoms with Crippen molar-refractivity contribution in [3.63, 3.8) is 0 Å². The SMILES string of the molecule is CC(=O)OC[C@@H]1O[C@@H](O)[C@@H](N)[C@@H](OC(C)=O)[C@@H]1OC(C)=O. The molecule has 3 N–H and O–H groups in total. The third-order valence-electron chi connectivity index (χ3n) is 2.77. The molecule has 0 aromatic heterocycles. The first-order chi connectivity index (χ1) is 9.72. The molecule has 0 aliphatic carbocycles. The second kappa shape index (κ2) is 7.34. The van der Waals surface area contributed by atoms with Gasteiger partial charge < -0.3 is 29.8 Å². The van der Waals surface area contributed by atoms with Crippen molar-refractivity contribution in [2.24, 2.45) is 5.73 Å². The number of hydrogen-bond donors (Lipinski definition) is 2. The Kier molecular flexibility index (Phi) is 6.06. The molecule has 1 rings (SSSR count). The van der Waals surface area contributed by atoms with Crippen molar-refractivity contribution in [1.29, 1.82) is 0 Å². The maximum absolute atomic E-state index is 11.2. The summed E-state index contributed by atoms with van der Waals surface area (Å²) in [6.45, 7) is 3.22. The summed E-state index contributed by atoms with van der Waals surface area (Å²) in [4.78, 5) is 33.2. The lowest BCUT2D eigenvalue weighted by molar-refractivity contribution is -0.260. The second-order valence-corrected chi connectivity index (χ2v) is 4.59. The van der Waals surface area contributed by atoms with Crippen LogP contribution in [0.5, 0.6) is 0 Å². The molecule has 9 nitrogen and oxygen atoms in total. The number of ether oxygens (including phenoxy) is 4. The van der Waals surface area contributed by atoms with Crippen LogP contribution in [0.25, 0.3) is 0 Å². The van der Waals surface area contributed by atoms with E-state index in [1.165, 1.54) is 6.92 Å². The number of esters is 3. The molecule has 1 aliphatic heterocycles. The normalized spacial score (nSPS) is 32.1. The summed E-state index contributed by atoms with van der Waals surface area (Å²) in [6, 6.07) is -1.10. The number of carbonyl (C=O) groups excluding carboxylic acids is 3. The van der Waals surface area contributed by atoms with E-state index in [1.807, 2.05) is 0 Å². The number of nitrogens with two attached hydrogens (primary N) is 1. The highest BCUT2D eigenvalue weighted by Gasteiger charge is 2.48. The van der Waals surface area contributed by atoms with Gasteiger partial charge in [0.1, 0.15) is 12.7 Å². The van der Waals surface area contributed by atoms with Gasteiger partial charge in [-0.3, -0.25) is 14.4 Å². The van der Waals surface area contributed by atoms with Crippen LogP contribution >= 0.6 is 0 Å². The molecule has 5 atom stereocenters. The third-order valence-corrected chi connectivity index (χ3v) is 2.77. The van der Waals surface area contributed by atoms with Gasteiger partial charge in [0.2, 0.25) is 0 Å². The van der Waals surface area contributed by atoms with Crippen LogP contribution in [-0.4, -0.2) is 60.3 Å². The van der Waals surface area contributed by atoms with Gasteiger partial charge in [0.05, 0.1) is 6.04 Å². The van der Waals surface area contributed by atoms with Crippen LogP contribution in [-0.2, 0) is 33.3 Å². The van der Waals surface area contributed by atoms with Crippen molar-refractivity contribution in [1.82, 2.24) is 0 Å². The Balaban J connectivity index is 2.94. The topological polar surface area (TPSA) is 134 Å². The summed E-state index contributed by atoms with van der Waals surface area (Å²) in [7, 11) is 0. The maximum Gasteiger partial charge on any atom is 0.303 e. The minimum absolute atomic E-state index is 0.283. The highest BCUT2D eigenvalue weighted by Crippen LogP contribution is 2.24. The zero-order chi connectivity index (χ0) is 16.2. The van der Waals surface area contributed by atoms with Gasteiger partial charge in [-0.15, -0.1) is 0 Å². The van der Waals surface area contributed by atoms with E-state index in [2.05, 4.69) is 0 Å². The average Bonchev–Trinajstić information content (AvgIpc) is 2.35. The molecule has 0 saturated carbocycles.